The molecular weight excluding hydrogens is 337 g/mol. The minimum atomic E-state index is -1.05. The standard InChI is InChI=1S/C16H13ClFN3O3/c1-24-14-7-6-11(17)8-10(14)9-19-21-16(23)15(22)20-13-5-3-2-4-12(13)18/h2-9H,1H3,(H,20,22)(H,21,23)/b19-9-. The first-order valence-electron chi connectivity index (χ1n) is 6.73. The zero-order chi connectivity index (χ0) is 17.5. The fourth-order valence-corrected chi connectivity index (χ4v) is 1.94. The predicted molar refractivity (Wildman–Crippen MR) is 88.8 cm³/mol. The second-order valence-electron chi connectivity index (χ2n) is 4.52. The summed E-state index contributed by atoms with van der Waals surface area (Å²) in [5.74, 6) is -2.25. The van der Waals surface area contributed by atoms with Crippen LogP contribution in [0.4, 0.5) is 10.1 Å². The van der Waals surface area contributed by atoms with Gasteiger partial charge in [-0.1, -0.05) is 23.7 Å². The maximum Gasteiger partial charge on any atom is 0.329 e. The smallest absolute Gasteiger partial charge is 0.329 e. The van der Waals surface area contributed by atoms with Gasteiger partial charge in [-0.15, -0.1) is 0 Å². The Labute approximate surface area is 142 Å². The molecule has 6 nitrogen and oxygen atoms in total. The van der Waals surface area contributed by atoms with Gasteiger partial charge in [0.25, 0.3) is 0 Å². The normalized spacial score (nSPS) is 10.5. The van der Waals surface area contributed by atoms with Gasteiger partial charge in [-0.2, -0.15) is 5.10 Å². The van der Waals surface area contributed by atoms with Crippen molar-refractivity contribution in [3.63, 3.8) is 0 Å². The van der Waals surface area contributed by atoms with E-state index in [-0.39, 0.29) is 5.69 Å². The van der Waals surface area contributed by atoms with E-state index in [0.29, 0.717) is 16.3 Å². The van der Waals surface area contributed by atoms with Crippen molar-refractivity contribution in [2.75, 3.05) is 12.4 Å². The van der Waals surface area contributed by atoms with Gasteiger partial charge < -0.3 is 10.1 Å². The number of para-hydroxylation sites is 1. The summed E-state index contributed by atoms with van der Waals surface area (Å²) in [4.78, 5) is 23.3. The summed E-state index contributed by atoms with van der Waals surface area (Å²) in [6.07, 6.45) is 1.28. The van der Waals surface area contributed by atoms with Crippen molar-refractivity contribution in [1.29, 1.82) is 0 Å². The molecule has 0 spiro atoms. The second-order valence-corrected chi connectivity index (χ2v) is 4.96. The molecule has 0 unspecified atom stereocenters. The SMILES string of the molecule is COc1ccc(Cl)cc1/C=N\NC(=O)C(=O)Nc1ccccc1F. The molecule has 0 bridgehead atoms. The lowest BCUT2D eigenvalue weighted by molar-refractivity contribution is -0.136. The molecule has 2 amide bonds. The average Bonchev–Trinajstić information content (AvgIpc) is 2.57. The summed E-state index contributed by atoms with van der Waals surface area (Å²) < 4.78 is 18.5. The van der Waals surface area contributed by atoms with Crippen molar-refractivity contribution in [3.8, 4) is 5.75 Å². The fraction of sp³-hybridized carbons (Fsp3) is 0.0625. The van der Waals surface area contributed by atoms with Gasteiger partial charge in [0.15, 0.2) is 0 Å². The molecule has 0 atom stereocenters. The number of rotatable bonds is 4. The molecule has 0 aliphatic rings. The van der Waals surface area contributed by atoms with Gasteiger partial charge in [-0.25, -0.2) is 9.82 Å². The van der Waals surface area contributed by atoms with E-state index < -0.39 is 17.6 Å². The maximum absolute atomic E-state index is 13.4. The van der Waals surface area contributed by atoms with Gasteiger partial charge in [-0.05, 0) is 30.3 Å². The summed E-state index contributed by atoms with van der Waals surface area (Å²) in [5, 5.41) is 6.26. The van der Waals surface area contributed by atoms with Crippen LogP contribution in [0.3, 0.4) is 0 Å². The van der Waals surface area contributed by atoms with Gasteiger partial charge in [0, 0.05) is 10.6 Å². The number of benzene rings is 2. The predicted octanol–water partition coefficient (Wildman–Crippen LogP) is 2.58. The largest absolute Gasteiger partial charge is 0.496 e. The highest BCUT2D eigenvalue weighted by Crippen LogP contribution is 2.20. The van der Waals surface area contributed by atoms with Gasteiger partial charge in [0.1, 0.15) is 11.6 Å². The molecule has 0 aromatic heterocycles. The van der Waals surface area contributed by atoms with Crippen LogP contribution in [-0.4, -0.2) is 25.1 Å². The Morgan fingerprint density at radius 3 is 2.67 bits per heavy atom. The molecule has 124 valence electrons. The minimum absolute atomic E-state index is 0.0989. The van der Waals surface area contributed by atoms with E-state index >= 15 is 0 Å². The number of anilines is 1. The number of methoxy groups -OCH3 is 1. The lowest BCUT2D eigenvalue weighted by atomic mass is 10.2. The van der Waals surface area contributed by atoms with Crippen LogP contribution >= 0.6 is 11.6 Å². The van der Waals surface area contributed by atoms with Crippen LogP contribution in [0.5, 0.6) is 5.75 Å². The molecule has 2 rings (SSSR count). The lowest BCUT2D eigenvalue weighted by Crippen LogP contribution is -2.32. The van der Waals surface area contributed by atoms with Crippen molar-refractivity contribution in [2.24, 2.45) is 5.10 Å². The van der Waals surface area contributed by atoms with Gasteiger partial charge in [-0.3, -0.25) is 9.59 Å². The van der Waals surface area contributed by atoms with Gasteiger partial charge in [0.05, 0.1) is 19.0 Å². The first-order chi connectivity index (χ1) is 11.5. The van der Waals surface area contributed by atoms with Crippen molar-refractivity contribution < 1.29 is 18.7 Å². The Morgan fingerprint density at radius 2 is 1.96 bits per heavy atom. The number of nitrogens with zero attached hydrogens (tertiary/aromatic N) is 1. The van der Waals surface area contributed by atoms with Crippen LogP contribution in [-0.2, 0) is 9.59 Å². The van der Waals surface area contributed by atoms with Crippen LogP contribution in [0.25, 0.3) is 0 Å². The molecule has 2 aromatic rings. The molecule has 2 aromatic carbocycles. The zero-order valence-corrected chi connectivity index (χ0v) is 13.3. The number of hydrogen-bond acceptors (Lipinski definition) is 4. The highest BCUT2D eigenvalue weighted by Gasteiger charge is 2.14. The van der Waals surface area contributed by atoms with Crippen LogP contribution in [0.2, 0.25) is 5.02 Å². The van der Waals surface area contributed by atoms with Crippen LogP contribution in [0.15, 0.2) is 47.6 Å². The van der Waals surface area contributed by atoms with Crippen LogP contribution in [0.1, 0.15) is 5.56 Å². The van der Waals surface area contributed by atoms with E-state index in [4.69, 9.17) is 16.3 Å². The quantitative estimate of drug-likeness (QED) is 0.506. The summed E-state index contributed by atoms with van der Waals surface area (Å²) in [6, 6.07) is 10.3. The Bertz CT molecular complexity index is 796. The number of carbonyl (C=O) groups excluding carboxylic acids is 2. The van der Waals surface area contributed by atoms with E-state index in [1.54, 1.807) is 18.2 Å². The molecule has 2 N–H and O–H groups in total. The second kappa shape index (κ2) is 8.07. The highest BCUT2D eigenvalue weighted by atomic mass is 35.5. The minimum Gasteiger partial charge on any atom is -0.496 e. The van der Waals surface area contributed by atoms with E-state index in [9.17, 15) is 14.0 Å². The van der Waals surface area contributed by atoms with Crippen molar-refractivity contribution in [1.82, 2.24) is 5.43 Å². The number of carbonyl (C=O) groups is 2. The Kier molecular flexibility index (Phi) is 5.86. The van der Waals surface area contributed by atoms with Gasteiger partial charge >= 0.3 is 11.8 Å². The molecule has 0 radical (unpaired) electrons. The van der Waals surface area contributed by atoms with E-state index in [1.807, 2.05) is 5.43 Å². The van der Waals surface area contributed by atoms with Crippen molar-refractivity contribution in [3.05, 3.63) is 58.9 Å². The monoisotopic (exact) mass is 349 g/mol. The number of hydrogen-bond donors (Lipinski definition) is 2. The third-order valence-corrected chi connectivity index (χ3v) is 3.12. The Morgan fingerprint density at radius 1 is 1.21 bits per heavy atom. The Balaban J connectivity index is 1.99. The molecule has 0 fully saturated rings. The Hall–Kier alpha value is -2.93. The summed E-state index contributed by atoms with van der Waals surface area (Å²) >= 11 is 5.87. The van der Waals surface area contributed by atoms with E-state index in [2.05, 4.69) is 10.4 Å². The molecular formula is C16H13ClFN3O3. The van der Waals surface area contributed by atoms with Crippen molar-refractivity contribution >= 4 is 35.3 Å². The maximum atomic E-state index is 13.4. The summed E-state index contributed by atoms with van der Waals surface area (Å²) in [6.45, 7) is 0. The average molecular weight is 350 g/mol. The van der Waals surface area contributed by atoms with Crippen LogP contribution in [0, 0.1) is 5.82 Å². The zero-order valence-electron chi connectivity index (χ0n) is 12.5. The summed E-state index contributed by atoms with van der Waals surface area (Å²) in [7, 11) is 1.47. The van der Waals surface area contributed by atoms with Crippen molar-refractivity contribution in [2.45, 2.75) is 0 Å². The molecule has 0 aliphatic heterocycles. The third-order valence-electron chi connectivity index (χ3n) is 2.89. The first kappa shape index (κ1) is 17.4. The van der Waals surface area contributed by atoms with Crippen LogP contribution < -0.4 is 15.5 Å². The highest BCUT2D eigenvalue weighted by molar-refractivity contribution is 6.39. The van der Waals surface area contributed by atoms with E-state index in [0.717, 1.165) is 6.07 Å². The topological polar surface area (TPSA) is 79.8 Å². The van der Waals surface area contributed by atoms with Gasteiger partial charge in [0.2, 0.25) is 0 Å². The lowest BCUT2D eigenvalue weighted by Gasteiger charge is -2.05. The molecule has 0 saturated heterocycles. The molecule has 8 heteroatoms. The number of amides is 2. The first-order valence-corrected chi connectivity index (χ1v) is 7.11. The molecule has 0 aliphatic carbocycles. The number of hydrazone groups is 1. The third kappa shape index (κ3) is 4.53. The van der Waals surface area contributed by atoms with E-state index in [1.165, 1.54) is 31.5 Å². The number of halogens is 2. The molecule has 24 heavy (non-hydrogen) atoms. The number of ether oxygens (including phenoxy) is 1. The fourth-order valence-electron chi connectivity index (χ4n) is 1.76. The molecule has 0 heterocycles. The number of nitrogens with one attached hydrogen (secondary N) is 2. The molecule has 0 saturated carbocycles. The summed E-state index contributed by atoms with van der Waals surface area (Å²) in [5.41, 5.74) is 2.45.